The van der Waals surface area contributed by atoms with Gasteiger partial charge in [-0.25, -0.2) is 4.79 Å². The minimum atomic E-state index is -0.504. The molecule has 2 N–H and O–H groups in total. The van der Waals surface area contributed by atoms with Crippen molar-refractivity contribution in [2.45, 2.75) is 13.3 Å². The first-order valence-corrected chi connectivity index (χ1v) is 5.94. The molecular weight excluding hydrogens is 246 g/mol. The fourth-order valence-electron chi connectivity index (χ4n) is 1.46. The monoisotopic (exact) mass is 263 g/mol. The van der Waals surface area contributed by atoms with Crippen LogP contribution in [0.25, 0.3) is 0 Å². The van der Waals surface area contributed by atoms with E-state index in [9.17, 15) is 4.79 Å². The predicted molar refractivity (Wildman–Crippen MR) is 72.4 cm³/mol. The van der Waals surface area contributed by atoms with Gasteiger partial charge in [0, 0.05) is 12.2 Å². The number of amides is 1. The molecule has 0 spiro atoms. The average Bonchev–Trinajstić information content (AvgIpc) is 2.39. The van der Waals surface area contributed by atoms with Crippen LogP contribution in [0, 0.1) is 11.3 Å². The lowest BCUT2D eigenvalue weighted by atomic mass is 10.2. The molecule has 0 bridgehead atoms. The number of ether oxygens (including phenoxy) is 2. The topological polar surface area (TPSA) is 83.4 Å². The molecular formula is C13H17N3O3. The zero-order valence-electron chi connectivity index (χ0n) is 11.0. The molecule has 0 aliphatic carbocycles. The lowest BCUT2D eigenvalue weighted by molar-refractivity contribution is 0.168. The van der Waals surface area contributed by atoms with Crippen LogP contribution in [0.2, 0.25) is 0 Å². The fraction of sp³-hybridized carbons (Fsp3) is 0.385. The number of nitrogens with one attached hydrogen (secondary N) is 2. The van der Waals surface area contributed by atoms with Crippen molar-refractivity contribution in [2.75, 3.05) is 30.9 Å². The lowest BCUT2D eigenvalue weighted by Crippen LogP contribution is -2.13. The number of nitrogens with zero attached hydrogens (tertiary/aromatic N) is 1. The van der Waals surface area contributed by atoms with Crippen molar-refractivity contribution < 1.29 is 14.3 Å². The van der Waals surface area contributed by atoms with E-state index in [0.29, 0.717) is 36.7 Å². The van der Waals surface area contributed by atoms with Gasteiger partial charge in [-0.1, -0.05) is 0 Å². The summed E-state index contributed by atoms with van der Waals surface area (Å²) in [7, 11) is 1.56. The van der Waals surface area contributed by atoms with E-state index < -0.39 is 6.09 Å². The second-order valence-corrected chi connectivity index (χ2v) is 3.60. The Hall–Kier alpha value is -2.42. The largest absolute Gasteiger partial charge is 0.495 e. The number of nitriles is 1. The lowest BCUT2D eigenvalue weighted by Gasteiger charge is -2.12. The highest BCUT2D eigenvalue weighted by Crippen LogP contribution is 2.27. The Balaban J connectivity index is 2.76. The molecule has 0 saturated heterocycles. The molecule has 0 aromatic heterocycles. The van der Waals surface area contributed by atoms with E-state index in [-0.39, 0.29) is 0 Å². The molecule has 0 unspecified atom stereocenters. The van der Waals surface area contributed by atoms with Crippen molar-refractivity contribution in [3.05, 3.63) is 18.2 Å². The third-order valence-electron chi connectivity index (χ3n) is 2.27. The normalized spacial score (nSPS) is 9.32. The van der Waals surface area contributed by atoms with Gasteiger partial charge in [0.15, 0.2) is 0 Å². The van der Waals surface area contributed by atoms with Gasteiger partial charge in [-0.05, 0) is 25.1 Å². The van der Waals surface area contributed by atoms with Crippen molar-refractivity contribution in [1.29, 1.82) is 5.26 Å². The minimum absolute atomic E-state index is 0.315. The zero-order chi connectivity index (χ0) is 14.1. The van der Waals surface area contributed by atoms with Crippen LogP contribution in [0.5, 0.6) is 5.75 Å². The first-order chi connectivity index (χ1) is 9.21. The summed E-state index contributed by atoms with van der Waals surface area (Å²) >= 11 is 0. The first kappa shape index (κ1) is 14.6. The van der Waals surface area contributed by atoms with Gasteiger partial charge in [0.25, 0.3) is 0 Å². The standard InChI is InChI=1S/C13H17N3O3/c1-3-19-13(17)16-10-5-6-12(18-2)11(9-10)15-8-4-7-14/h5-6,9,15H,3-4,8H2,1-2H3,(H,16,17). The number of carbonyl (C=O) groups excluding carboxylic acids is 1. The summed E-state index contributed by atoms with van der Waals surface area (Å²) in [6.45, 7) is 2.56. The minimum Gasteiger partial charge on any atom is -0.495 e. The molecule has 0 atom stereocenters. The molecule has 0 heterocycles. The highest BCUT2D eigenvalue weighted by atomic mass is 16.5. The van der Waals surface area contributed by atoms with E-state index in [4.69, 9.17) is 14.7 Å². The molecule has 1 amide bonds. The summed E-state index contributed by atoms with van der Waals surface area (Å²) < 4.78 is 9.99. The molecule has 0 fully saturated rings. The van der Waals surface area contributed by atoms with Crippen LogP contribution in [-0.2, 0) is 4.74 Å². The number of anilines is 2. The molecule has 0 radical (unpaired) electrons. The summed E-state index contributed by atoms with van der Waals surface area (Å²) in [6.07, 6.45) is -0.116. The SMILES string of the molecule is CCOC(=O)Nc1ccc(OC)c(NCCC#N)c1. The summed E-state index contributed by atoms with van der Waals surface area (Å²) in [4.78, 5) is 11.3. The van der Waals surface area contributed by atoms with Crippen LogP contribution in [0.15, 0.2) is 18.2 Å². The van der Waals surface area contributed by atoms with Crippen LogP contribution in [0.1, 0.15) is 13.3 Å². The molecule has 0 aliphatic rings. The van der Waals surface area contributed by atoms with E-state index in [2.05, 4.69) is 10.6 Å². The average molecular weight is 263 g/mol. The van der Waals surface area contributed by atoms with E-state index in [1.54, 1.807) is 32.2 Å². The Kier molecular flexibility index (Phi) is 6.03. The smallest absolute Gasteiger partial charge is 0.411 e. The van der Waals surface area contributed by atoms with Crippen molar-refractivity contribution in [2.24, 2.45) is 0 Å². The molecule has 19 heavy (non-hydrogen) atoms. The van der Waals surface area contributed by atoms with Crippen LogP contribution < -0.4 is 15.4 Å². The third kappa shape index (κ3) is 4.76. The highest BCUT2D eigenvalue weighted by Gasteiger charge is 2.07. The van der Waals surface area contributed by atoms with Crippen molar-refractivity contribution in [3.8, 4) is 11.8 Å². The van der Waals surface area contributed by atoms with Crippen LogP contribution in [0.4, 0.5) is 16.2 Å². The summed E-state index contributed by atoms with van der Waals surface area (Å²) in [5, 5.41) is 14.2. The Morgan fingerprint density at radius 1 is 1.47 bits per heavy atom. The van der Waals surface area contributed by atoms with E-state index in [1.165, 1.54) is 0 Å². The van der Waals surface area contributed by atoms with E-state index in [0.717, 1.165) is 0 Å². The molecule has 1 aromatic carbocycles. The Bertz CT molecular complexity index is 469. The second kappa shape index (κ2) is 7.82. The predicted octanol–water partition coefficient (Wildman–Crippen LogP) is 2.59. The molecule has 1 rings (SSSR count). The Labute approximate surface area is 112 Å². The van der Waals surface area contributed by atoms with Crippen molar-refractivity contribution in [1.82, 2.24) is 0 Å². The van der Waals surface area contributed by atoms with Crippen molar-refractivity contribution in [3.63, 3.8) is 0 Å². The highest BCUT2D eigenvalue weighted by molar-refractivity contribution is 5.86. The van der Waals surface area contributed by atoms with Crippen molar-refractivity contribution >= 4 is 17.5 Å². The summed E-state index contributed by atoms with van der Waals surface area (Å²) in [6, 6.07) is 7.22. The number of rotatable bonds is 6. The molecule has 102 valence electrons. The van der Waals surface area contributed by atoms with Crippen LogP contribution >= 0.6 is 0 Å². The molecule has 6 heteroatoms. The van der Waals surface area contributed by atoms with Gasteiger partial charge < -0.3 is 14.8 Å². The molecule has 0 saturated carbocycles. The van der Waals surface area contributed by atoms with Gasteiger partial charge in [-0.3, -0.25) is 5.32 Å². The van der Waals surface area contributed by atoms with E-state index in [1.807, 2.05) is 6.07 Å². The fourth-order valence-corrected chi connectivity index (χ4v) is 1.46. The van der Waals surface area contributed by atoms with Gasteiger partial charge in [-0.15, -0.1) is 0 Å². The number of carbonyl (C=O) groups is 1. The summed E-state index contributed by atoms with van der Waals surface area (Å²) in [5.74, 6) is 0.646. The van der Waals surface area contributed by atoms with Crippen LogP contribution in [0.3, 0.4) is 0 Å². The quantitative estimate of drug-likeness (QED) is 0.771. The summed E-state index contributed by atoms with van der Waals surface area (Å²) in [5.41, 5.74) is 1.31. The van der Waals surface area contributed by atoms with Gasteiger partial charge in [-0.2, -0.15) is 5.26 Å². The molecule has 6 nitrogen and oxygen atoms in total. The van der Waals surface area contributed by atoms with Gasteiger partial charge in [0.05, 0.1) is 31.9 Å². The maximum absolute atomic E-state index is 11.3. The Morgan fingerprint density at radius 3 is 2.89 bits per heavy atom. The third-order valence-corrected chi connectivity index (χ3v) is 2.27. The molecule has 1 aromatic rings. The Morgan fingerprint density at radius 2 is 2.26 bits per heavy atom. The van der Waals surface area contributed by atoms with Gasteiger partial charge in [0.1, 0.15) is 5.75 Å². The number of hydrogen-bond donors (Lipinski definition) is 2. The first-order valence-electron chi connectivity index (χ1n) is 5.94. The number of benzene rings is 1. The number of hydrogen-bond acceptors (Lipinski definition) is 5. The van der Waals surface area contributed by atoms with Gasteiger partial charge >= 0.3 is 6.09 Å². The van der Waals surface area contributed by atoms with Crippen LogP contribution in [-0.4, -0.2) is 26.4 Å². The second-order valence-electron chi connectivity index (χ2n) is 3.60. The maximum Gasteiger partial charge on any atom is 0.411 e. The van der Waals surface area contributed by atoms with Gasteiger partial charge in [0.2, 0.25) is 0 Å². The number of methoxy groups -OCH3 is 1. The zero-order valence-corrected chi connectivity index (χ0v) is 11.0. The maximum atomic E-state index is 11.3. The van der Waals surface area contributed by atoms with E-state index >= 15 is 0 Å². The molecule has 0 aliphatic heterocycles.